The quantitative estimate of drug-likeness (QED) is 0.307. The highest BCUT2D eigenvalue weighted by Gasteiger charge is 1.81. The first-order valence-electron chi connectivity index (χ1n) is 2.21. The van der Waals surface area contributed by atoms with Crippen LogP contribution in [-0.2, 0) is 0 Å². The molecule has 0 atom stereocenters. The van der Waals surface area contributed by atoms with E-state index in [2.05, 4.69) is 6.58 Å². The predicted octanol–water partition coefficient (Wildman–Crippen LogP) is 0.889. The minimum atomic E-state index is 0.236. The summed E-state index contributed by atoms with van der Waals surface area (Å²) in [6.07, 6.45) is 3.21. The monoisotopic (exact) mass is 98.1 g/mol. The van der Waals surface area contributed by atoms with Crippen molar-refractivity contribution in [2.45, 2.75) is 12.8 Å². The lowest BCUT2D eigenvalue weighted by Gasteiger charge is -1.87. The first-order chi connectivity index (χ1) is 3.27. The van der Waals surface area contributed by atoms with Crippen molar-refractivity contribution in [3.05, 3.63) is 12.7 Å². The van der Waals surface area contributed by atoms with E-state index in [-0.39, 0.29) is 5.84 Å². The number of hydrogen-bond acceptors (Lipinski definition) is 1. The molecule has 0 aliphatic rings. The van der Waals surface area contributed by atoms with E-state index < -0.39 is 0 Å². The zero-order valence-electron chi connectivity index (χ0n) is 4.28. The normalized spacial score (nSPS) is 8.00. The van der Waals surface area contributed by atoms with Gasteiger partial charge in [-0.25, -0.2) is 0 Å². The van der Waals surface area contributed by atoms with E-state index in [4.69, 9.17) is 11.1 Å². The third kappa shape index (κ3) is 5.21. The van der Waals surface area contributed by atoms with Crippen molar-refractivity contribution < 1.29 is 0 Å². The van der Waals surface area contributed by atoms with Gasteiger partial charge in [0.15, 0.2) is 0 Å². The molecule has 0 unspecified atom stereocenters. The molecule has 3 N–H and O–H groups in total. The molecule has 0 aliphatic heterocycles. The average molecular weight is 98.1 g/mol. The average Bonchev–Trinajstić information content (AvgIpc) is 1.61. The zero-order chi connectivity index (χ0) is 5.70. The standard InChI is InChI=1S/C5H10N2/c1-2-3-4-5(6)7/h2H,1,3-4H2,(H3,6,7). The molecule has 2 heteroatoms. The molecule has 7 heavy (non-hydrogen) atoms. The van der Waals surface area contributed by atoms with Crippen molar-refractivity contribution in [2.75, 3.05) is 0 Å². The van der Waals surface area contributed by atoms with Gasteiger partial charge in [0.1, 0.15) is 0 Å². The van der Waals surface area contributed by atoms with Crippen molar-refractivity contribution >= 4 is 5.84 Å². The summed E-state index contributed by atoms with van der Waals surface area (Å²) in [5.41, 5.74) is 5.01. The van der Waals surface area contributed by atoms with Gasteiger partial charge in [0.25, 0.3) is 0 Å². The number of nitrogens with one attached hydrogen (secondary N) is 1. The molecule has 0 aromatic carbocycles. The van der Waals surface area contributed by atoms with Gasteiger partial charge >= 0.3 is 0 Å². The predicted molar refractivity (Wildman–Crippen MR) is 31.3 cm³/mol. The van der Waals surface area contributed by atoms with Crippen LogP contribution in [0.15, 0.2) is 12.7 Å². The van der Waals surface area contributed by atoms with E-state index in [1.54, 1.807) is 6.08 Å². The molecule has 2 nitrogen and oxygen atoms in total. The molecular weight excluding hydrogens is 88.1 g/mol. The van der Waals surface area contributed by atoms with Gasteiger partial charge in [-0.1, -0.05) is 6.08 Å². The van der Waals surface area contributed by atoms with E-state index in [0.717, 1.165) is 6.42 Å². The maximum atomic E-state index is 6.73. The fourth-order valence-electron chi connectivity index (χ4n) is 0.258. The molecule has 0 fully saturated rings. The smallest absolute Gasteiger partial charge is 0.0908 e. The molecule has 0 saturated carbocycles. The summed E-state index contributed by atoms with van der Waals surface area (Å²) in [5.74, 6) is 0.236. The highest BCUT2D eigenvalue weighted by molar-refractivity contribution is 5.76. The number of rotatable bonds is 3. The maximum Gasteiger partial charge on any atom is 0.0908 e. The topological polar surface area (TPSA) is 49.9 Å². The second-order valence-electron chi connectivity index (χ2n) is 1.35. The number of nitrogens with two attached hydrogens (primary N) is 1. The van der Waals surface area contributed by atoms with Crippen molar-refractivity contribution in [3.8, 4) is 0 Å². The van der Waals surface area contributed by atoms with Crippen LogP contribution in [0.1, 0.15) is 12.8 Å². The Morgan fingerprint density at radius 2 is 2.43 bits per heavy atom. The van der Waals surface area contributed by atoms with Crippen LogP contribution in [0.5, 0.6) is 0 Å². The Balaban J connectivity index is 2.97. The first kappa shape index (κ1) is 6.21. The lowest BCUT2D eigenvalue weighted by Crippen LogP contribution is -2.07. The minimum absolute atomic E-state index is 0.236. The summed E-state index contributed by atoms with van der Waals surface area (Å²) in [6.45, 7) is 3.48. The molecule has 0 bridgehead atoms. The van der Waals surface area contributed by atoms with Crippen molar-refractivity contribution in [1.29, 1.82) is 5.41 Å². The van der Waals surface area contributed by atoms with E-state index in [0.29, 0.717) is 6.42 Å². The van der Waals surface area contributed by atoms with Crippen LogP contribution in [0.25, 0.3) is 0 Å². The Labute approximate surface area is 43.5 Å². The van der Waals surface area contributed by atoms with Gasteiger partial charge in [-0.15, -0.1) is 6.58 Å². The molecule has 0 spiro atoms. The minimum Gasteiger partial charge on any atom is -0.388 e. The second-order valence-corrected chi connectivity index (χ2v) is 1.35. The van der Waals surface area contributed by atoms with E-state index >= 15 is 0 Å². The van der Waals surface area contributed by atoms with Gasteiger partial charge in [0, 0.05) is 6.42 Å². The zero-order valence-corrected chi connectivity index (χ0v) is 4.28. The maximum absolute atomic E-state index is 6.73. The fraction of sp³-hybridized carbons (Fsp3) is 0.400. The molecule has 40 valence electrons. The van der Waals surface area contributed by atoms with Crippen LogP contribution in [0.4, 0.5) is 0 Å². The first-order valence-corrected chi connectivity index (χ1v) is 2.21. The number of hydrogen-bond donors (Lipinski definition) is 2. The van der Waals surface area contributed by atoms with Gasteiger partial charge in [-0.05, 0) is 6.42 Å². The van der Waals surface area contributed by atoms with Crippen molar-refractivity contribution in [1.82, 2.24) is 0 Å². The Kier molecular flexibility index (Phi) is 3.02. The van der Waals surface area contributed by atoms with Crippen LogP contribution in [0.3, 0.4) is 0 Å². The van der Waals surface area contributed by atoms with Crippen LogP contribution in [-0.4, -0.2) is 5.84 Å². The van der Waals surface area contributed by atoms with Crippen molar-refractivity contribution in [3.63, 3.8) is 0 Å². The SMILES string of the molecule is C=CCCC(=N)N. The molecule has 0 aliphatic carbocycles. The summed E-state index contributed by atoms with van der Waals surface area (Å²) in [6, 6.07) is 0. The van der Waals surface area contributed by atoms with E-state index in [1.807, 2.05) is 0 Å². The van der Waals surface area contributed by atoms with E-state index in [9.17, 15) is 0 Å². The largest absolute Gasteiger partial charge is 0.388 e. The van der Waals surface area contributed by atoms with Crippen LogP contribution >= 0.6 is 0 Å². The molecule has 0 heterocycles. The van der Waals surface area contributed by atoms with Gasteiger partial charge < -0.3 is 5.73 Å². The Hall–Kier alpha value is -0.790. The fourth-order valence-corrected chi connectivity index (χ4v) is 0.258. The molecular formula is C5H10N2. The number of amidine groups is 1. The molecule has 0 rings (SSSR count). The highest BCUT2D eigenvalue weighted by atomic mass is 14.7. The highest BCUT2D eigenvalue weighted by Crippen LogP contribution is 1.84. The van der Waals surface area contributed by atoms with Crippen LogP contribution < -0.4 is 5.73 Å². The third-order valence-corrected chi connectivity index (χ3v) is 0.618. The van der Waals surface area contributed by atoms with Crippen LogP contribution in [0, 0.1) is 5.41 Å². The van der Waals surface area contributed by atoms with Gasteiger partial charge in [-0.2, -0.15) is 0 Å². The van der Waals surface area contributed by atoms with Crippen molar-refractivity contribution in [2.24, 2.45) is 5.73 Å². The van der Waals surface area contributed by atoms with Gasteiger partial charge in [-0.3, -0.25) is 5.41 Å². The summed E-state index contributed by atoms with van der Waals surface area (Å²) in [7, 11) is 0. The Bertz CT molecular complexity index is 76.1. The molecule has 0 saturated heterocycles. The molecule has 0 aromatic rings. The summed E-state index contributed by atoms with van der Waals surface area (Å²) in [4.78, 5) is 0. The second kappa shape index (κ2) is 3.40. The number of allylic oxidation sites excluding steroid dienone is 1. The van der Waals surface area contributed by atoms with Crippen LogP contribution in [0.2, 0.25) is 0 Å². The van der Waals surface area contributed by atoms with Gasteiger partial charge in [0.05, 0.1) is 5.84 Å². The molecule has 0 radical (unpaired) electrons. The Morgan fingerprint density at radius 3 is 2.57 bits per heavy atom. The summed E-state index contributed by atoms with van der Waals surface area (Å²) < 4.78 is 0. The third-order valence-electron chi connectivity index (χ3n) is 0.618. The van der Waals surface area contributed by atoms with Gasteiger partial charge in [0.2, 0.25) is 0 Å². The lowest BCUT2D eigenvalue weighted by molar-refractivity contribution is 1.07. The molecule has 0 amide bonds. The summed E-state index contributed by atoms with van der Waals surface area (Å²) >= 11 is 0. The Morgan fingerprint density at radius 1 is 1.86 bits per heavy atom. The summed E-state index contributed by atoms with van der Waals surface area (Å²) in [5, 5.41) is 6.73. The molecule has 0 aromatic heterocycles. The lowest BCUT2D eigenvalue weighted by atomic mass is 10.3. The van der Waals surface area contributed by atoms with E-state index in [1.165, 1.54) is 0 Å².